The summed E-state index contributed by atoms with van der Waals surface area (Å²) in [6.07, 6.45) is 0. The Morgan fingerprint density at radius 1 is 1.35 bits per heavy atom. The lowest BCUT2D eigenvalue weighted by atomic mass is 10.2. The monoisotopic (exact) mass is 298 g/mol. The van der Waals surface area contributed by atoms with E-state index >= 15 is 0 Å². The molecule has 2 rings (SSSR count). The molecule has 20 heavy (non-hydrogen) atoms. The second-order valence-corrected chi connectivity index (χ2v) is 6.11. The predicted octanol–water partition coefficient (Wildman–Crippen LogP) is 1.56. The van der Waals surface area contributed by atoms with Crippen molar-refractivity contribution in [2.75, 3.05) is 10.5 Å². The van der Waals surface area contributed by atoms with E-state index in [0.29, 0.717) is 16.9 Å². The summed E-state index contributed by atoms with van der Waals surface area (Å²) < 4.78 is 41.5. The van der Waals surface area contributed by atoms with Crippen LogP contribution >= 0.6 is 0 Å². The van der Waals surface area contributed by atoms with E-state index in [9.17, 15) is 12.8 Å². The van der Waals surface area contributed by atoms with E-state index in [0.717, 1.165) is 0 Å². The van der Waals surface area contributed by atoms with Gasteiger partial charge in [0.2, 0.25) is 0 Å². The quantitative estimate of drug-likeness (QED) is 0.899. The molecule has 1 aromatic carbocycles. The lowest BCUT2D eigenvalue weighted by molar-refractivity contribution is 0.600. The average Bonchev–Trinajstić information content (AvgIpc) is 2.57. The van der Waals surface area contributed by atoms with Crippen molar-refractivity contribution in [2.24, 2.45) is 7.05 Å². The Hall–Kier alpha value is -2.09. The fraction of sp³-hybridized carbons (Fsp3) is 0.250. The van der Waals surface area contributed by atoms with Gasteiger partial charge in [0.25, 0.3) is 10.0 Å². The number of nitrogens with one attached hydrogen (secondary N) is 1. The number of nitrogens with zero attached hydrogens (tertiary/aromatic N) is 2. The maximum absolute atomic E-state index is 13.0. The number of hydrogen-bond acceptors (Lipinski definition) is 4. The minimum Gasteiger partial charge on any atom is -0.381 e. The number of aryl methyl sites for hydroxylation is 2. The average molecular weight is 298 g/mol. The van der Waals surface area contributed by atoms with E-state index in [1.165, 1.54) is 22.9 Å². The number of anilines is 2. The normalized spacial score (nSPS) is 11.6. The van der Waals surface area contributed by atoms with E-state index in [1.54, 1.807) is 20.9 Å². The molecule has 0 unspecified atom stereocenters. The second kappa shape index (κ2) is 4.78. The van der Waals surface area contributed by atoms with Crippen LogP contribution in [0.4, 0.5) is 15.9 Å². The molecule has 6 nitrogen and oxygen atoms in total. The molecule has 0 radical (unpaired) electrons. The van der Waals surface area contributed by atoms with Crippen LogP contribution in [0.25, 0.3) is 0 Å². The zero-order valence-electron chi connectivity index (χ0n) is 11.3. The van der Waals surface area contributed by atoms with Gasteiger partial charge < -0.3 is 5.73 Å². The van der Waals surface area contributed by atoms with Gasteiger partial charge in [-0.05, 0) is 37.6 Å². The number of benzene rings is 1. The van der Waals surface area contributed by atoms with Crippen molar-refractivity contribution in [3.63, 3.8) is 0 Å². The minimum atomic E-state index is -3.87. The van der Waals surface area contributed by atoms with Gasteiger partial charge >= 0.3 is 0 Å². The number of sulfonamides is 1. The number of aromatic nitrogens is 2. The summed E-state index contributed by atoms with van der Waals surface area (Å²) in [4.78, 5) is -0.0660. The van der Waals surface area contributed by atoms with E-state index in [-0.39, 0.29) is 10.7 Å². The summed E-state index contributed by atoms with van der Waals surface area (Å²) in [6, 6.07) is 3.80. The van der Waals surface area contributed by atoms with Crippen LogP contribution < -0.4 is 10.5 Å². The predicted molar refractivity (Wildman–Crippen MR) is 74.3 cm³/mol. The number of nitrogen functional groups attached to an aromatic ring is 1. The Morgan fingerprint density at radius 3 is 2.50 bits per heavy atom. The van der Waals surface area contributed by atoms with Gasteiger partial charge in [0.05, 0.1) is 11.4 Å². The topological polar surface area (TPSA) is 90.0 Å². The molecule has 0 saturated heterocycles. The Morgan fingerprint density at radius 2 is 2.00 bits per heavy atom. The third kappa shape index (κ3) is 2.46. The van der Waals surface area contributed by atoms with Crippen molar-refractivity contribution in [3.05, 3.63) is 35.3 Å². The minimum absolute atomic E-state index is 0.0660. The van der Waals surface area contributed by atoms with Crippen molar-refractivity contribution < 1.29 is 12.8 Å². The zero-order valence-corrected chi connectivity index (χ0v) is 12.1. The first-order chi connectivity index (χ1) is 9.22. The van der Waals surface area contributed by atoms with Crippen molar-refractivity contribution in [1.82, 2.24) is 9.78 Å². The van der Waals surface area contributed by atoms with E-state index in [2.05, 4.69) is 9.82 Å². The Labute approximate surface area is 116 Å². The molecule has 0 saturated carbocycles. The molecule has 108 valence electrons. The highest BCUT2D eigenvalue weighted by atomic mass is 32.2. The lowest BCUT2D eigenvalue weighted by Crippen LogP contribution is -2.16. The molecule has 2 aromatic rings. The lowest BCUT2D eigenvalue weighted by Gasteiger charge is -2.10. The molecule has 0 aliphatic carbocycles. The van der Waals surface area contributed by atoms with E-state index < -0.39 is 15.8 Å². The highest BCUT2D eigenvalue weighted by Gasteiger charge is 2.25. The molecule has 0 spiro atoms. The molecule has 0 bridgehead atoms. The summed E-state index contributed by atoms with van der Waals surface area (Å²) in [5.74, 6) is -0.500. The van der Waals surface area contributed by atoms with Crippen LogP contribution in [0, 0.1) is 19.7 Å². The van der Waals surface area contributed by atoms with Crippen LogP contribution in [-0.4, -0.2) is 18.2 Å². The highest BCUT2D eigenvalue weighted by molar-refractivity contribution is 7.93. The first kappa shape index (κ1) is 14.3. The molecule has 3 N–H and O–H groups in total. The summed E-state index contributed by atoms with van der Waals surface area (Å²) in [6.45, 7) is 3.22. The maximum Gasteiger partial charge on any atom is 0.267 e. The van der Waals surface area contributed by atoms with Crippen LogP contribution in [0.1, 0.15) is 11.3 Å². The fourth-order valence-corrected chi connectivity index (χ4v) is 3.34. The number of rotatable bonds is 3. The number of nitrogens with two attached hydrogens (primary N) is 1. The summed E-state index contributed by atoms with van der Waals surface area (Å²) in [7, 11) is -2.26. The molecule has 0 atom stereocenters. The standard InChI is InChI=1S/C12H15FN4O2S/c1-7-6-9(13)4-5-10(7)16-20(18,19)11-8(2)17(3)15-12(11)14/h4-6,16H,1-3H3,(H2,14,15). The molecule has 1 heterocycles. The molecule has 8 heteroatoms. The first-order valence-corrected chi connectivity index (χ1v) is 7.28. The van der Waals surface area contributed by atoms with Gasteiger partial charge in [-0.15, -0.1) is 0 Å². The molecule has 0 aliphatic heterocycles. The van der Waals surface area contributed by atoms with Crippen LogP contribution in [0.15, 0.2) is 23.1 Å². The van der Waals surface area contributed by atoms with Crippen LogP contribution in [0.3, 0.4) is 0 Å². The van der Waals surface area contributed by atoms with Gasteiger partial charge in [-0.25, -0.2) is 12.8 Å². The number of halogens is 1. The Balaban J connectivity index is 2.46. The first-order valence-electron chi connectivity index (χ1n) is 5.80. The maximum atomic E-state index is 13.0. The second-order valence-electron chi connectivity index (χ2n) is 4.49. The Kier molecular flexibility index (Phi) is 3.43. The van der Waals surface area contributed by atoms with Gasteiger partial charge in [0.15, 0.2) is 10.7 Å². The summed E-state index contributed by atoms with van der Waals surface area (Å²) in [5.41, 5.74) is 6.84. The number of hydrogen-bond donors (Lipinski definition) is 2. The Bertz CT molecular complexity index is 768. The summed E-state index contributed by atoms with van der Waals surface area (Å²) >= 11 is 0. The van der Waals surface area contributed by atoms with Crippen molar-refractivity contribution in [2.45, 2.75) is 18.7 Å². The van der Waals surface area contributed by atoms with Gasteiger partial charge in [0, 0.05) is 7.05 Å². The van der Waals surface area contributed by atoms with E-state index in [4.69, 9.17) is 5.73 Å². The zero-order chi connectivity index (χ0) is 15.1. The SMILES string of the molecule is Cc1cc(F)ccc1NS(=O)(=O)c1c(N)nn(C)c1C. The molecule has 0 amide bonds. The molecular formula is C12H15FN4O2S. The highest BCUT2D eigenvalue weighted by Crippen LogP contribution is 2.25. The third-order valence-corrected chi connectivity index (χ3v) is 4.54. The third-order valence-electron chi connectivity index (χ3n) is 3.01. The van der Waals surface area contributed by atoms with Crippen molar-refractivity contribution in [3.8, 4) is 0 Å². The van der Waals surface area contributed by atoms with Crippen LogP contribution in [0.2, 0.25) is 0 Å². The largest absolute Gasteiger partial charge is 0.381 e. The summed E-state index contributed by atoms with van der Waals surface area (Å²) in [5, 5.41) is 3.87. The molecule has 0 fully saturated rings. The van der Waals surface area contributed by atoms with E-state index in [1.807, 2.05) is 0 Å². The van der Waals surface area contributed by atoms with Gasteiger partial charge in [-0.3, -0.25) is 9.40 Å². The van der Waals surface area contributed by atoms with Gasteiger partial charge in [-0.2, -0.15) is 5.10 Å². The van der Waals surface area contributed by atoms with Gasteiger partial charge in [-0.1, -0.05) is 0 Å². The fourth-order valence-electron chi connectivity index (χ4n) is 1.88. The smallest absolute Gasteiger partial charge is 0.267 e. The molecule has 0 aliphatic rings. The van der Waals surface area contributed by atoms with Crippen LogP contribution in [-0.2, 0) is 17.1 Å². The van der Waals surface area contributed by atoms with Crippen molar-refractivity contribution >= 4 is 21.5 Å². The van der Waals surface area contributed by atoms with Crippen LogP contribution in [0.5, 0.6) is 0 Å². The van der Waals surface area contributed by atoms with Crippen molar-refractivity contribution in [1.29, 1.82) is 0 Å². The molecular weight excluding hydrogens is 283 g/mol. The van der Waals surface area contributed by atoms with Gasteiger partial charge in [0.1, 0.15) is 5.82 Å². The molecule has 1 aromatic heterocycles.